The second kappa shape index (κ2) is 19.8. The minimum absolute atomic E-state index is 0.106. The summed E-state index contributed by atoms with van der Waals surface area (Å²) in [5.74, 6) is 0.317. The molecule has 2 N–H and O–H groups in total. The van der Waals surface area contributed by atoms with Gasteiger partial charge in [0.1, 0.15) is 0 Å². The van der Waals surface area contributed by atoms with Gasteiger partial charge in [-0.25, -0.2) is 10.0 Å². The zero-order valence-electron chi connectivity index (χ0n) is 21.6. The molecule has 1 unspecified atom stereocenters. The summed E-state index contributed by atoms with van der Waals surface area (Å²) < 4.78 is 0.690. The molecule has 0 aliphatic carbocycles. The number of hydrogen-bond acceptors (Lipinski definition) is 2. The first kappa shape index (κ1) is 30.1. The van der Waals surface area contributed by atoms with Gasteiger partial charge in [0, 0.05) is 5.92 Å². The van der Waals surface area contributed by atoms with Gasteiger partial charge in [-0.15, -0.1) is 0 Å². The van der Waals surface area contributed by atoms with Gasteiger partial charge in [-0.3, -0.25) is 4.79 Å². The van der Waals surface area contributed by atoms with E-state index < -0.39 is 0 Å². The first-order chi connectivity index (χ1) is 14.9. The lowest BCUT2D eigenvalue weighted by molar-refractivity contribution is -0.956. The SMILES string of the molecule is CCCCCC[C@@H](O)CC=CCCCCCCCCC(C)C(=O)N[N+](CC)(CC)CC. The minimum atomic E-state index is -0.154. The van der Waals surface area contributed by atoms with E-state index in [0.717, 1.165) is 58.2 Å². The van der Waals surface area contributed by atoms with Crippen LogP contribution in [-0.2, 0) is 4.79 Å². The Bertz CT molecular complexity index is 438. The maximum atomic E-state index is 12.5. The molecular formula is C27H55N2O2+. The molecule has 4 nitrogen and oxygen atoms in total. The average molecular weight is 440 g/mol. The van der Waals surface area contributed by atoms with Gasteiger partial charge < -0.3 is 5.11 Å². The predicted molar refractivity (Wildman–Crippen MR) is 135 cm³/mol. The topological polar surface area (TPSA) is 49.3 Å². The number of amides is 1. The number of carbonyl (C=O) groups excluding carboxylic acids is 1. The third-order valence-electron chi connectivity index (χ3n) is 6.83. The Morgan fingerprint density at radius 3 is 1.97 bits per heavy atom. The summed E-state index contributed by atoms with van der Waals surface area (Å²) >= 11 is 0. The molecule has 0 aromatic heterocycles. The van der Waals surface area contributed by atoms with Crippen molar-refractivity contribution in [3.05, 3.63) is 12.2 Å². The van der Waals surface area contributed by atoms with E-state index >= 15 is 0 Å². The highest BCUT2D eigenvalue weighted by Crippen LogP contribution is 2.14. The van der Waals surface area contributed by atoms with E-state index in [-0.39, 0.29) is 17.9 Å². The smallest absolute Gasteiger partial charge is 0.267 e. The number of rotatable bonds is 21. The summed E-state index contributed by atoms with van der Waals surface area (Å²) in [6, 6.07) is 0. The van der Waals surface area contributed by atoms with E-state index in [9.17, 15) is 9.90 Å². The Morgan fingerprint density at radius 2 is 1.35 bits per heavy atom. The maximum Gasteiger partial charge on any atom is 0.267 e. The van der Waals surface area contributed by atoms with E-state index in [4.69, 9.17) is 0 Å². The van der Waals surface area contributed by atoms with Crippen LogP contribution in [0, 0.1) is 5.92 Å². The Morgan fingerprint density at radius 1 is 0.806 bits per heavy atom. The lowest BCUT2D eigenvalue weighted by Gasteiger charge is -2.35. The van der Waals surface area contributed by atoms with Crippen molar-refractivity contribution in [2.75, 3.05) is 19.6 Å². The van der Waals surface area contributed by atoms with E-state index in [2.05, 4.69) is 52.2 Å². The van der Waals surface area contributed by atoms with Crippen LogP contribution in [0.3, 0.4) is 0 Å². The Labute approximate surface area is 194 Å². The molecule has 0 bridgehead atoms. The highest BCUT2D eigenvalue weighted by Gasteiger charge is 2.26. The van der Waals surface area contributed by atoms with E-state index in [1.807, 2.05) is 0 Å². The lowest BCUT2D eigenvalue weighted by Crippen LogP contribution is -2.60. The maximum absolute atomic E-state index is 12.5. The number of carbonyl (C=O) groups is 1. The van der Waals surface area contributed by atoms with Crippen LogP contribution >= 0.6 is 0 Å². The minimum Gasteiger partial charge on any atom is -0.393 e. The number of nitrogens with one attached hydrogen (secondary N) is 1. The summed E-state index contributed by atoms with van der Waals surface area (Å²) in [5, 5.41) is 9.96. The molecule has 0 spiro atoms. The second-order valence-electron chi connectivity index (χ2n) is 9.38. The number of unbranched alkanes of at least 4 members (excludes halogenated alkanes) is 9. The normalized spacial score (nSPS) is 14.1. The van der Waals surface area contributed by atoms with Gasteiger partial charge in [-0.05, 0) is 52.9 Å². The highest BCUT2D eigenvalue weighted by atomic mass is 16.3. The number of hydrogen-bond donors (Lipinski definition) is 2. The van der Waals surface area contributed by atoms with Gasteiger partial charge in [-0.2, -0.15) is 0 Å². The van der Waals surface area contributed by atoms with Crippen LogP contribution in [0.15, 0.2) is 12.2 Å². The Hall–Kier alpha value is -0.870. The third-order valence-corrected chi connectivity index (χ3v) is 6.83. The zero-order valence-corrected chi connectivity index (χ0v) is 21.6. The molecule has 184 valence electrons. The molecule has 0 heterocycles. The fourth-order valence-corrected chi connectivity index (χ4v) is 4.10. The molecule has 1 amide bonds. The van der Waals surface area contributed by atoms with Crippen LogP contribution in [0.2, 0.25) is 0 Å². The van der Waals surface area contributed by atoms with E-state index in [0.29, 0.717) is 4.59 Å². The number of aliphatic hydroxyl groups excluding tert-OH is 1. The molecule has 0 aliphatic rings. The molecule has 0 fully saturated rings. The van der Waals surface area contributed by atoms with E-state index in [1.54, 1.807) is 0 Å². The fraction of sp³-hybridized carbons (Fsp3) is 0.889. The van der Waals surface area contributed by atoms with Crippen LogP contribution in [0.4, 0.5) is 0 Å². The van der Waals surface area contributed by atoms with Crippen LogP contribution < -0.4 is 5.43 Å². The van der Waals surface area contributed by atoms with Crippen molar-refractivity contribution >= 4 is 5.91 Å². The molecule has 0 rings (SSSR count). The number of aliphatic hydroxyl groups is 1. The Balaban J connectivity index is 3.65. The number of quaternary nitrogens is 1. The molecule has 0 radical (unpaired) electrons. The van der Waals surface area contributed by atoms with Crippen molar-refractivity contribution in [2.24, 2.45) is 5.92 Å². The summed E-state index contributed by atoms with van der Waals surface area (Å²) in [7, 11) is 0. The molecule has 0 aromatic carbocycles. The molecule has 0 aromatic rings. The fourth-order valence-electron chi connectivity index (χ4n) is 4.10. The largest absolute Gasteiger partial charge is 0.393 e. The van der Waals surface area contributed by atoms with Gasteiger partial charge in [0.15, 0.2) is 0 Å². The van der Waals surface area contributed by atoms with E-state index in [1.165, 1.54) is 51.4 Å². The lowest BCUT2D eigenvalue weighted by atomic mass is 10.0. The summed E-state index contributed by atoms with van der Waals surface area (Å²) in [6.07, 6.45) is 20.5. The summed E-state index contributed by atoms with van der Waals surface area (Å²) in [4.78, 5) is 12.5. The summed E-state index contributed by atoms with van der Waals surface area (Å²) in [5.41, 5.74) is 3.26. The quantitative estimate of drug-likeness (QED) is 0.0881. The van der Waals surface area contributed by atoms with Crippen LogP contribution in [0.25, 0.3) is 0 Å². The highest BCUT2D eigenvalue weighted by molar-refractivity contribution is 5.77. The molecular weight excluding hydrogens is 384 g/mol. The average Bonchev–Trinajstić information content (AvgIpc) is 2.78. The van der Waals surface area contributed by atoms with Crippen molar-refractivity contribution in [3.8, 4) is 0 Å². The molecule has 0 aliphatic heterocycles. The van der Waals surface area contributed by atoms with Crippen LogP contribution in [0.5, 0.6) is 0 Å². The van der Waals surface area contributed by atoms with Gasteiger partial charge in [-0.1, -0.05) is 83.8 Å². The van der Waals surface area contributed by atoms with Crippen LogP contribution in [-0.4, -0.2) is 41.3 Å². The zero-order chi connectivity index (χ0) is 23.4. The summed E-state index contributed by atoms with van der Waals surface area (Å²) in [6.45, 7) is 13.6. The van der Waals surface area contributed by atoms with Crippen molar-refractivity contribution in [1.29, 1.82) is 0 Å². The molecule has 31 heavy (non-hydrogen) atoms. The van der Waals surface area contributed by atoms with Crippen molar-refractivity contribution < 1.29 is 14.5 Å². The van der Waals surface area contributed by atoms with Crippen molar-refractivity contribution in [3.63, 3.8) is 0 Å². The van der Waals surface area contributed by atoms with Gasteiger partial charge in [0.2, 0.25) is 0 Å². The molecule has 2 atom stereocenters. The van der Waals surface area contributed by atoms with Gasteiger partial charge in [0.25, 0.3) is 5.91 Å². The standard InChI is InChI=1S/C27H54N2O2/c1-6-10-11-20-23-26(30)24-21-18-16-14-12-13-15-17-19-22-25(5)27(31)28-29(7-2,8-3)9-4/h18,21,25-26,30H,6-17,19-20,22-24H2,1-5H3/p+1/t25?,26-/m1/s1. The van der Waals surface area contributed by atoms with Gasteiger partial charge >= 0.3 is 0 Å². The van der Waals surface area contributed by atoms with Crippen molar-refractivity contribution in [1.82, 2.24) is 5.43 Å². The van der Waals surface area contributed by atoms with Crippen molar-refractivity contribution in [2.45, 2.75) is 131 Å². The van der Waals surface area contributed by atoms with Crippen LogP contribution in [0.1, 0.15) is 125 Å². The Kier molecular flexibility index (Phi) is 19.2. The predicted octanol–water partition coefficient (Wildman–Crippen LogP) is 6.93. The third kappa shape index (κ3) is 15.6. The van der Waals surface area contributed by atoms with Gasteiger partial charge in [0.05, 0.1) is 25.7 Å². The molecule has 0 saturated heterocycles. The number of allylic oxidation sites excluding steroid dienone is 1. The molecule has 0 saturated carbocycles. The number of nitrogens with zero attached hydrogens (tertiary/aromatic N) is 1. The monoisotopic (exact) mass is 439 g/mol. The molecule has 4 heteroatoms. The first-order valence-electron chi connectivity index (χ1n) is 13.5. The first-order valence-corrected chi connectivity index (χ1v) is 13.5. The second-order valence-corrected chi connectivity index (χ2v) is 9.38.